The first-order chi connectivity index (χ1) is 10.00. The maximum Gasteiger partial charge on any atom is 0.254 e. The van der Waals surface area contributed by atoms with E-state index >= 15 is 0 Å². The third-order valence-corrected chi connectivity index (χ3v) is 5.74. The maximum atomic E-state index is 13.2. The van der Waals surface area contributed by atoms with Gasteiger partial charge in [0.2, 0.25) is 5.92 Å². The van der Waals surface area contributed by atoms with Gasteiger partial charge in [-0.2, -0.15) is 0 Å². The first-order valence-corrected chi connectivity index (χ1v) is 8.33. The Bertz CT molecular complexity index is 546. The van der Waals surface area contributed by atoms with Crippen LogP contribution in [0, 0.1) is 0 Å². The van der Waals surface area contributed by atoms with Crippen LogP contribution in [0.5, 0.6) is 0 Å². The second-order valence-corrected chi connectivity index (χ2v) is 7.02. The summed E-state index contributed by atoms with van der Waals surface area (Å²) in [5.41, 5.74) is 1.90. The highest BCUT2D eigenvalue weighted by molar-refractivity contribution is 7.16. The Hall–Kier alpha value is -1.17. The van der Waals surface area contributed by atoms with Gasteiger partial charge < -0.3 is 10.6 Å². The topological polar surface area (TPSA) is 41.1 Å². The smallest absolute Gasteiger partial charge is 0.254 e. The van der Waals surface area contributed by atoms with Gasteiger partial charge in [-0.15, -0.1) is 11.3 Å². The van der Waals surface area contributed by atoms with E-state index in [0.717, 1.165) is 35.4 Å². The molecule has 21 heavy (non-hydrogen) atoms. The molecule has 2 aliphatic rings. The van der Waals surface area contributed by atoms with Crippen LogP contribution in [0.1, 0.15) is 52.9 Å². The lowest BCUT2D eigenvalue weighted by atomic mass is 9.92. The molecule has 3 nitrogen and oxygen atoms in total. The molecule has 1 saturated carbocycles. The largest absolute Gasteiger partial charge is 0.379 e. The summed E-state index contributed by atoms with van der Waals surface area (Å²) in [6.45, 7) is 0. The number of carbonyl (C=O) groups is 1. The van der Waals surface area contributed by atoms with Crippen molar-refractivity contribution in [3.63, 3.8) is 0 Å². The quantitative estimate of drug-likeness (QED) is 0.895. The highest BCUT2D eigenvalue weighted by Gasteiger charge is 2.36. The van der Waals surface area contributed by atoms with E-state index in [4.69, 9.17) is 0 Å². The van der Waals surface area contributed by atoms with Crippen molar-refractivity contribution in [1.82, 2.24) is 5.32 Å². The summed E-state index contributed by atoms with van der Waals surface area (Å²) >= 11 is 1.65. The van der Waals surface area contributed by atoms with Gasteiger partial charge in [0.05, 0.1) is 5.56 Å². The summed E-state index contributed by atoms with van der Waals surface area (Å²) in [4.78, 5) is 13.8. The summed E-state index contributed by atoms with van der Waals surface area (Å²) in [5, 5.41) is 6.95. The fourth-order valence-electron chi connectivity index (χ4n) is 3.26. The molecule has 2 N–H and O–H groups in total. The monoisotopic (exact) mass is 314 g/mol. The van der Waals surface area contributed by atoms with Crippen LogP contribution in [0.2, 0.25) is 0 Å². The Morgan fingerprint density at radius 3 is 2.67 bits per heavy atom. The Labute approximate surface area is 127 Å². The van der Waals surface area contributed by atoms with Crippen LogP contribution < -0.4 is 10.6 Å². The molecule has 2 aliphatic carbocycles. The highest BCUT2D eigenvalue weighted by atomic mass is 32.1. The van der Waals surface area contributed by atoms with Gasteiger partial charge >= 0.3 is 0 Å². The maximum absolute atomic E-state index is 13.2. The lowest BCUT2D eigenvalue weighted by Crippen LogP contribution is -2.40. The van der Waals surface area contributed by atoms with E-state index in [9.17, 15) is 13.6 Å². The van der Waals surface area contributed by atoms with Crippen molar-refractivity contribution in [2.75, 3.05) is 12.4 Å². The van der Waals surface area contributed by atoms with E-state index in [1.54, 1.807) is 11.3 Å². The second kappa shape index (κ2) is 5.55. The van der Waals surface area contributed by atoms with Crippen molar-refractivity contribution >= 4 is 22.2 Å². The van der Waals surface area contributed by atoms with Gasteiger partial charge in [0.25, 0.3) is 5.91 Å². The number of amides is 1. The highest BCUT2D eigenvalue weighted by Crippen LogP contribution is 2.39. The molecule has 1 fully saturated rings. The molecule has 0 aromatic carbocycles. The lowest BCUT2D eigenvalue weighted by Gasteiger charge is -2.28. The van der Waals surface area contributed by atoms with Crippen LogP contribution in [0.3, 0.4) is 0 Å². The fourth-order valence-corrected chi connectivity index (χ4v) is 4.50. The van der Waals surface area contributed by atoms with Gasteiger partial charge in [-0.05, 0) is 37.7 Å². The average Bonchev–Trinajstić information content (AvgIpc) is 3.00. The molecule has 3 rings (SSSR count). The Morgan fingerprint density at radius 2 is 2.00 bits per heavy atom. The van der Waals surface area contributed by atoms with Crippen molar-refractivity contribution < 1.29 is 13.6 Å². The van der Waals surface area contributed by atoms with Crippen molar-refractivity contribution in [1.29, 1.82) is 0 Å². The molecule has 0 bridgehead atoms. The number of hydrogen-bond acceptors (Lipinski definition) is 3. The predicted octanol–water partition coefficient (Wildman–Crippen LogP) is 3.59. The predicted molar refractivity (Wildman–Crippen MR) is 80.6 cm³/mol. The number of anilines is 1. The molecular formula is C15H20F2N2OS. The molecule has 6 heteroatoms. The van der Waals surface area contributed by atoms with E-state index in [1.807, 2.05) is 7.05 Å². The summed E-state index contributed by atoms with van der Waals surface area (Å²) in [6.07, 6.45) is 3.55. The van der Waals surface area contributed by atoms with Crippen LogP contribution in [-0.4, -0.2) is 24.9 Å². The molecule has 1 aromatic rings. The summed E-state index contributed by atoms with van der Waals surface area (Å²) < 4.78 is 26.3. The number of carbonyl (C=O) groups excluding carboxylic acids is 1. The van der Waals surface area contributed by atoms with Crippen molar-refractivity contribution in [2.45, 2.75) is 56.9 Å². The molecule has 1 amide bonds. The average molecular weight is 314 g/mol. The number of halogens is 2. The van der Waals surface area contributed by atoms with Gasteiger partial charge in [-0.3, -0.25) is 4.79 Å². The van der Waals surface area contributed by atoms with E-state index in [-0.39, 0.29) is 24.8 Å². The molecule has 0 aliphatic heterocycles. The Balaban J connectivity index is 1.72. The minimum atomic E-state index is -2.55. The van der Waals surface area contributed by atoms with Crippen molar-refractivity contribution in [3.8, 4) is 0 Å². The molecule has 1 aromatic heterocycles. The number of nitrogens with one attached hydrogen (secondary N) is 2. The Morgan fingerprint density at radius 1 is 1.29 bits per heavy atom. The molecule has 0 saturated heterocycles. The van der Waals surface area contributed by atoms with E-state index in [1.165, 1.54) is 4.88 Å². The minimum absolute atomic E-state index is 0.103. The number of thiophene rings is 1. The minimum Gasteiger partial charge on any atom is -0.379 e. The second-order valence-electron chi connectivity index (χ2n) is 5.92. The zero-order valence-electron chi connectivity index (χ0n) is 12.1. The number of fused-ring (bicyclic) bond motifs is 1. The summed E-state index contributed by atoms with van der Waals surface area (Å²) in [5.74, 6) is -2.66. The zero-order chi connectivity index (χ0) is 15.0. The first kappa shape index (κ1) is 14.8. The molecular weight excluding hydrogens is 294 g/mol. The summed E-state index contributed by atoms with van der Waals surface area (Å²) in [7, 11) is 1.82. The van der Waals surface area contributed by atoms with Crippen LogP contribution in [-0.2, 0) is 12.8 Å². The molecule has 0 spiro atoms. The number of aryl methyl sites for hydroxylation is 1. The standard InChI is InChI=1S/C15H20F2N2OS/c1-18-14-12(10-3-2-4-11(10)21-14)13(20)19-9-5-7-15(16,17)8-6-9/h9,18H,2-8H2,1H3,(H,19,20). The number of hydrogen-bond donors (Lipinski definition) is 2. The first-order valence-electron chi connectivity index (χ1n) is 7.51. The molecule has 116 valence electrons. The van der Waals surface area contributed by atoms with E-state index in [0.29, 0.717) is 12.8 Å². The van der Waals surface area contributed by atoms with Crippen molar-refractivity contribution in [2.24, 2.45) is 0 Å². The van der Waals surface area contributed by atoms with E-state index < -0.39 is 5.92 Å². The van der Waals surface area contributed by atoms with Gasteiger partial charge in [0, 0.05) is 30.8 Å². The van der Waals surface area contributed by atoms with Crippen molar-refractivity contribution in [3.05, 3.63) is 16.0 Å². The van der Waals surface area contributed by atoms with Gasteiger partial charge in [0.1, 0.15) is 5.00 Å². The SMILES string of the molecule is CNc1sc2c(c1C(=O)NC1CCC(F)(F)CC1)CCC2. The molecule has 0 radical (unpaired) electrons. The van der Waals surface area contributed by atoms with E-state index in [2.05, 4.69) is 10.6 Å². The van der Waals surface area contributed by atoms with Gasteiger partial charge in [0.15, 0.2) is 0 Å². The Kier molecular flexibility index (Phi) is 3.90. The molecule has 0 atom stereocenters. The third kappa shape index (κ3) is 2.91. The molecule has 0 unspecified atom stereocenters. The van der Waals surface area contributed by atoms with Gasteiger partial charge in [-0.1, -0.05) is 0 Å². The lowest BCUT2D eigenvalue weighted by molar-refractivity contribution is -0.0399. The fraction of sp³-hybridized carbons (Fsp3) is 0.667. The van der Waals surface area contributed by atoms with Crippen LogP contribution >= 0.6 is 11.3 Å². The third-order valence-electron chi connectivity index (χ3n) is 4.43. The van der Waals surface area contributed by atoms with Crippen LogP contribution in [0.15, 0.2) is 0 Å². The summed E-state index contributed by atoms with van der Waals surface area (Å²) in [6, 6.07) is -0.126. The molecule has 1 heterocycles. The normalized spacial score (nSPS) is 21.1. The number of rotatable bonds is 3. The van der Waals surface area contributed by atoms with Gasteiger partial charge in [-0.25, -0.2) is 8.78 Å². The van der Waals surface area contributed by atoms with Crippen LogP contribution in [0.25, 0.3) is 0 Å². The number of alkyl halides is 2. The van der Waals surface area contributed by atoms with Crippen LogP contribution in [0.4, 0.5) is 13.8 Å². The zero-order valence-corrected chi connectivity index (χ0v) is 12.9.